The van der Waals surface area contributed by atoms with Crippen LogP contribution in [0, 0.1) is 12.7 Å². The smallest absolute Gasteiger partial charge is 0.123 e. The molecular formula is C12H18FNS. The first-order chi connectivity index (χ1) is 7.09. The summed E-state index contributed by atoms with van der Waals surface area (Å²) in [5.74, 6) is 1.85. The van der Waals surface area contributed by atoms with Gasteiger partial charge in [-0.3, -0.25) is 0 Å². The van der Waals surface area contributed by atoms with Crippen molar-refractivity contribution in [3.63, 3.8) is 0 Å². The molecule has 0 aliphatic carbocycles. The summed E-state index contributed by atoms with van der Waals surface area (Å²) in [6.07, 6.45) is 1.03. The van der Waals surface area contributed by atoms with Crippen molar-refractivity contribution in [3.8, 4) is 0 Å². The van der Waals surface area contributed by atoms with E-state index in [4.69, 9.17) is 5.73 Å². The lowest BCUT2D eigenvalue weighted by Gasteiger charge is -2.07. The highest BCUT2D eigenvalue weighted by Crippen LogP contribution is 2.17. The van der Waals surface area contributed by atoms with Gasteiger partial charge in [-0.05, 0) is 49.3 Å². The molecule has 84 valence electrons. The molecule has 1 atom stereocenters. The van der Waals surface area contributed by atoms with Gasteiger partial charge in [0.1, 0.15) is 5.82 Å². The predicted octanol–water partition coefficient (Wildman–Crippen LogP) is 3.10. The minimum absolute atomic E-state index is 0.156. The van der Waals surface area contributed by atoms with E-state index < -0.39 is 0 Å². The molecule has 0 aliphatic heterocycles. The summed E-state index contributed by atoms with van der Waals surface area (Å²) >= 11 is 1.85. The molecule has 0 aromatic heterocycles. The second-order valence-corrected chi connectivity index (χ2v) is 4.99. The molecule has 0 spiro atoms. The molecule has 2 N–H and O–H groups in total. The van der Waals surface area contributed by atoms with Gasteiger partial charge in [-0.15, -0.1) is 0 Å². The zero-order valence-electron chi connectivity index (χ0n) is 9.29. The number of hydrogen-bond acceptors (Lipinski definition) is 2. The Balaban J connectivity index is 2.37. The molecular weight excluding hydrogens is 209 g/mol. The molecule has 0 saturated carbocycles. The minimum Gasteiger partial charge on any atom is -0.328 e. The molecule has 1 aromatic rings. The van der Waals surface area contributed by atoms with Gasteiger partial charge in [-0.1, -0.05) is 6.07 Å². The Hall–Kier alpha value is -0.540. The van der Waals surface area contributed by atoms with Gasteiger partial charge in [0.15, 0.2) is 0 Å². The van der Waals surface area contributed by atoms with Crippen molar-refractivity contribution in [1.82, 2.24) is 0 Å². The van der Waals surface area contributed by atoms with E-state index in [9.17, 15) is 4.39 Å². The molecule has 1 aromatic carbocycles. The SMILES string of the molecule is Cc1cc(F)ccc1CSCCC(C)N. The molecule has 0 amide bonds. The third-order valence-corrected chi connectivity index (χ3v) is 3.32. The maximum atomic E-state index is 12.8. The summed E-state index contributed by atoms with van der Waals surface area (Å²) < 4.78 is 12.8. The standard InChI is InChI=1S/C12H18FNS/c1-9-7-12(13)4-3-11(9)8-15-6-5-10(2)14/h3-4,7,10H,5-6,8,14H2,1-2H3. The Bertz CT molecular complexity index is 312. The number of nitrogens with two attached hydrogens (primary N) is 1. The number of aryl methyl sites for hydroxylation is 1. The van der Waals surface area contributed by atoms with Gasteiger partial charge in [-0.25, -0.2) is 4.39 Å². The fraction of sp³-hybridized carbons (Fsp3) is 0.500. The van der Waals surface area contributed by atoms with Crippen molar-refractivity contribution in [1.29, 1.82) is 0 Å². The highest BCUT2D eigenvalue weighted by molar-refractivity contribution is 7.98. The summed E-state index contributed by atoms with van der Waals surface area (Å²) in [4.78, 5) is 0. The van der Waals surface area contributed by atoms with Crippen LogP contribution in [0.4, 0.5) is 4.39 Å². The zero-order valence-corrected chi connectivity index (χ0v) is 10.1. The van der Waals surface area contributed by atoms with E-state index in [-0.39, 0.29) is 11.9 Å². The maximum Gasteiger partial charge on any atom is 0.123 e. The largest absolute Gasteiger partial charge is 0.328 e. The highest BCUT2D eigenvalue weighted by Gasteiger charge is 2.01. The van der Waals surface area contributed by atoms with E-state index in [0.717, 1.165) is 23.5 Å². The molecule has 0 saturated heterocycles. The summed E-state index contributed by atoms with van der Waals surface area (Å²) in [5.41, 5.74) is 7.90. The van der Waals surface area contributed by atoms with E-state index in [0.29, 0.717) is 0 Å². The van der Waals surface area contributed by atoms with Crippen LogP contribution >= 0.6 is 11.8 Å². The fourth-order valence-electron chi connectivity index (χ4n) is 1.27. The lowest BCUT2D eigenvalue weighted by Crippen LogP contribution is -2.15. The molecule has 1 unspecified atom stereocenters. The van der Waals surface area contributed by atoms with Crippen LogP contribution in [0.15, 0.2) is 18.2 Å². The van der Waals surface area contributed by atoms with Crippen LogP contribution in [-0.4, -0.2) is 11.8 Å². The van der Waals surface area contributed by atoms with Crippen molar-refractivity contribution >= 4 is 11.8 Å². The number of halogens is 1. The van der Waals surface area contributed by atoms with Crippen LogP contribution in [0.1, 0.15) is 24.5 Å². The van der Waals surface area contributed by atoms with E-state index in [1.165, 1.54) is 11.6 Å². The number of thioether (sulfide) groups is 1. The van der Waals surface area contributed by atoms with Gasteiger partial charge in [0.25, 0.3) is 0 Å². The molecule has 1 rings (SSSR count). The van der Waals surface area contributed by atoms with E-state index >= 15 is 0 Å². The highest BCUT2D eigenvalue weighted by atomic mass is 32.2. The van der Waals surface area contributed by atoms with Crippen LogP contribution in [0.3, 0.4) is 0 Å². The third-order valence-electron chi connectivity index (χ3n) is 2.28. The second-order valence-electron chi connectivity index (χ2n) is 3.89. The van der Waals surface area contributed by atoms with Crippen LogP contribution in [-0.2, 0) is 5.75 Å². The molecule has 0 fully saturated rings. The monoisotopic (exact) mass is 227 g/mol. The summed E-state index contributed by atoms with van der Waals surface area (Å²) in [7, 11) is 0. The summed E-state index contributed by atoms with van der Waals surface area (Å²) in [5, 5.41) is 0. The topological polar surface area (TPSA) is 26.0 Å². The van der Waals surface area contributed by atoms with Gasteiger partial charge in [0.2, 0.25) is 0 Å². The number of hydrogen-bond donors (Lipinski definition) is 1. The maximum absolute atomic E-state index is 12.8. The Kier molecular flexibility index (Phi) is 5.12. The predicted molar refractivity (Wildman–Crippen MR) is 65.6 cm³/mol. The number of rotatable bonds is 5. The van der Waals surface area contributed by atoms with E-state index in [1.54, 1.807) is 6.07 Å². The average molecular weight is 227 g/mol. The van der Waals surface area contributed by atoms with Crippen LogP contribution in [0.2, 0.25) is 0 Å². The summed E-state index contributed by atoms with van der Waals surface area (Å²) in [6, 6.07) is 5.24. The summed E-state index contributed by atoms with van der Waals surface area (Å²) in [6.45, 7) is 3.97. The molecule has 0 heterocycles. The average Bonchev–Trinajstić information content (AvgIpc) is 2.14. The van der Waals surface area contributed by atoms with Crippen LogP contribution in [0.25, 0.3) is 0 Å². The van der Waals surface area contributed by atoms with Crippen molar-refractivity contribution in [2.24, 2.45) is 5.73 Å². The first-order valence-corrected chi connectivity index (χ1v) is 6.33. The van der Waals surface area contributed by atoms with Gasteiger partial charge in [0.05, 0.1) is 0 Å². The Morgan fingerprint density at radius 2 is 2.20 bits per heavy atom. The number of benzene rings is 1. The van der Waals surface area contributed by atoms with Gasteiger partial charge < -0.3 is 5.73 Å². The quantitative estimate of drug-likeness (QED) is 0.782. The Labute approximate surface area is 95.2 Å². The molecule has 15 heavy (non-hydrogen) atoms. The lowest BCUT2D eigenvalue weighted by atomic mass is 10.1. The van der Waals surface area contributed by atoms with Gasteiger partial charge in [-0.2, -0.15) is 11.8 Å². The first-order valence-electron chi connectivity index (χ1n) is 5.18. The van der Waals surface area contributed by atoms with Crippen molar-refractivity contribution in [2.75, 3.05) is 5.75 Å². The van der Waals surface area contributed by atoms with E-state index in [2.05, 4.69) is 0 Å². The second kappa shape index (κ2) is 6.13. The zero-order chi connectivity index (χ0) is 11.3. The molecule has 1 nitrogen and oxygen atoms in total. The fourth-order valence-corrected chi connectivity index (χ4v) is 2.50. The molecule has 0 bridgehead atoms. The van der Waals surface area contributed by atoms with Crippen molar-refractivity contribution in [2.45, 2.75) is 32.1 Å². The minimum atomic E-state index is -0.156. The van der Waals surface area contributed by atoms with Crippen molar-refractivity contribution in [3.05, 3.63) is 35.1 Å². The molecule has 3 heteroatoms. The molecule has 0 radical (unpaired) electrons. The van der Waals surface area contributed by atoms with Crippen molar-refractivity contribution < 1.29 is 4.39 Å². The van der Waals surface area contributed by atoms with E-state index in [1.807, 2.05) is 31.7 Å². The molecule has 0 aliphatic rings. The Morgan fingerprint density at radius 3 is 2.80 bits per heavy atom. The Morgan fingerprint density at radius 1 is 1.47 bits per heavy atom. The van der Waals surface area contributed by atoms with Gasteiger partial charge in [0, 0.05) is 11.8 Å². The lowest BCUT2D eigenvalue weighted by molar-refractivity contribution is 0.626. The van der Waals surface area contributed by atoms with Crippen LogP contribution < -0.4 is 5.73 Å². The van der Waals surface area contributed by atoms with Crippen LogP contribution in [0.5, 0.6) is 0 Å². The third kappa shape index (κ3) is 4.67. The first kappa shape index (κ1) is 12.5. The van der Waals surface area contributed by atoms with Gasteiger partial charge >= 0.3 is 0 Å². The normalized spacial score (nSPS) is 12.8.